The van der Waals surface area contributed by atoms with E-state index in [0.717, 1.165) is 0 Å². The summed E-state index contributed by atoms with van der Waals surface area (Å²) in [6.45, 7) is 1.10. The number of rotatable bonds is 9. The summed E-state index contributed by atoms with van der Waals surface area (Å²) < 4.78 is 4.66. The van der Waals surface area contributed by atoms with Crippen molar-refractivity contribution < 1.29 is 24.9 Å². The van der Waals surface area contributed by atoms with Crippen molar-refractivity contribution in [1.82, 2.24) is 4.90 Å². The van der Waals surface area contributed by atoms with Gasteiger partial charge in [0.05, 0.1) is 26.2 Å². The SMILES string of the molecule is O=C(CCN(CCO)CCO)OCCO. The van der Waals surface area contributed by atoms with E-state index in [2.05, 4.69) is 4.74 Å². The number of aliphatic hydroxyl groups excluding tert-OH is 3. The smallest absolute Gasteiger partial charge is 0.307 e. The van der Waals surface area contributed by atoms with Crippen LogP contribution < -0.4 is 0 Å². The van der Waals surface area contributed by atoms with E-state index >= 15 is 0 Å². The highest BCUT2D eigenvalue weighted by atomic mass is 16.5. The monoisotopic (exact) mass is 221 g/mol. The van der Waals surface area contributed by atoms with Crippen molar-refractivity contribution >= 4 is 5.97 Å². The second kappa shape index (κ2) is 9.85. The highest BCUT2D eigenvalue weighted by Crippen LogP contribution is 1.93. The molecule has 0 unspecified atom stereocenters. The molecule has 6 heteroatoms. The van der Waals surface area contributed by atoms with Gasteiger partial charge in [-0.3, -0.25) is 9.69 Å². The number of nitrogens with zero attached hydrogens (tertiary/aromatic N) is 1. The predicted octanol–water partition coefficient (Wildman–Crippen LogP) is -1.80. The molecular formula is C9H19NO5. The summed E-state index contributed by atoms with van der Waals surface area (Å²) in [4.78, 5) is 12.8. The average Bonchev–Trinajstić information content (AvgIpc) is 2.23. The maximum absolute atomic E-state index is 11.0. The lowest BCUT2D eigenvalue weighted by Gasteiger charge is -2.19. The fourth-order valence-corrected chi connectivity index (χ4v) is 1.10. The van der Waals surface area contributed by atoms with Crippen molar-refractivity contribution in [3.63, 3.8) is 0 Å². The third-order valence-electron chi connectivity index (χ3n) is 1.82. The summed E-state index contributed by atoms with van der Waals surface area (Å²) in [6, 6.07) is 0. The quantitative estimate of drug-likeness (QED) is 0.398. The molecule has 0 fully saturated rings. The van der Waals surface area contributed by atoms with E-state index < -0.39 is 0 Å². The fraction of sp³-hybridized carbons (Fsp3) is 0.889. The van der Waals surface area contributed by atoms with Gasteiger partial charge in [0, 0.05) is 19.6 Å². The molecule has 0 atom stereocenters. The molecule has 0 amide bonds. The number of ether oxygens (including phenoxy) is 1. The van der Waals surface area contributed by atoms with Gasteiger partial charge in [0.1, 0.15) is 6.61 Å². The molecule has 6 nitrogen and oxygen atoms in total. The van der Waals surface area contributed by atoms with Crippen LogP contribution in [0.25, 0.3) is 0 Å². The van der Waals surface area contributed by atoms with Crippen molar-refractivity contribution in [1.29, 1.82) is 0 Å². The maximum atomic E-state index is 11.0. The van der Waals surface area contributed by atoms with Crippen molar-refractivity contribution in [2.24, 2.45) is 0 Å². The normalized spacial score (nSPS) is 10.7. The molecule has 0 saturated heterocycles. The molecule has 0 aromatic heterocycles. The Morgan fingerprint density at radius 3 is 2.07 bits per heavy atom. The third kappa shape index (κ3) is 8.31. The van der Waals surface area contributed by atoms with Crippen LogP contribution in [-0.4, -0.2) is 72.3 Å². The summed E-state index contributed by atoms with van der Waals surface area (Å²) in [5.74, 6) is -0.384. The highest BCUT2D eigenvalue weighted by Gasteiger charge is 2.07. The molecule has 0 radical (unpaired) electrons. The molecule has 0 aromatic carbocycles. The fourth-order valence-electron chi connectivity index (χ4n) is 1.10. The zero-order valence-electron chi connectivity index (χ0n) is 8.76. The molecule has 0 heterocycles. The minimum Gasteiger partial charge on any atom is -0.463 e. The van der Waals surface area contributed by atoms with Crippen LogP contribution in [0.15, 0.2) is 0 Å². The molecule has 0 aliphatic rings. The first-order valence-corrected chi connectivity index (χ1v) is 4.95. The van der Waals surface area contributed by atoms with E-state index in [1.807, 2.05) is 0 Å². The van der Waals surface area contributed by atoms with Gasteiger partial charge in [-0.05, 0) is 0 Å². The summed E-state index contributed by atoms with van der Waals surface area (Å²) in [6.07, 6.45) is 0.194. The second-order valence-electron chi connectivity index (χ2n) is 2.98. The highest BCUT2D eigenvalue weighted by molar-refractivity contribution is 5.69. The molecule has 0 aliphatic heterocycles. The van der Waals surface area contributed by atoms with Gasteiger partial charge in [-0.15, -0.1) is 0 Å². The molecular weight excluding hydrogens is 202 g/mol. The number of carbonyl (C=O) groups is 1. The summed E-state index contributed by atoms with van der Waals surface area (Å²) in [5.41, 5.74) is 0. The van der Waals surface area contributed by atoms with E-state index in [0.29, 0.717) is 19.6 Å². The van der Waals surface area contributed by atoms with Crippen LogP contribution in [-0.2, 0) is 9.53 Å². The summed E-state index contributed by atoms with van der Waals surface area (Å²) in [5, 5.41) is 25.8. The lowest BCUT2D eigenvalue weighted by molar-refractivity contribution is -0.145. The van der Waals surface area contributed by atoms with Crippen LogP contribution in [0.3, 0.4) is 0 Å². The van der Waals surface area contributed by atoms with Gasteiger partial charge in [-0.2, -0.15) is 0 Å². The van der Waals surface area contributed by atoms with E-state index in [1.165, 1.54) is 0 Å². The number of hydrogen-bond acceptors (Lipinski definition) is 6. The molecule has 0 spiro atoms. The summed E-state index contributed by atoms with van der Waals surface area (Å²) >= 11 is 0. The van der Waals surface area contributed by atoms with Crippen LogP contribution in [0, 0.1) is 0 Å². The molecule has 3 N–H and O–H groups in total. The van der Waals surface area contributed by atoms with Crippen molar-refractivity contribution in [3.8, 4) is 0 Å². The molecule has 15 heavy (non-hydrogen) atoms. The van der Waals surface area contributed by atoms with Gasteiger partial charge < -0.3 is 20.1 Å². The van der Waals surface area contributed by atoms with Crippen LogP contribution in [0.5, 0.6) is 0 Å². The first-order valence-electron chi connectivity index (χ1n) is 4.95. The Balaban J connectivity index is 3.62. The lowest BCUT2D eigenvalue weighted by atomic mass is 10.3. The first-order chi connectivity index (χ1) is 7.24. The molecule has 0 rings (SSSR count). The van der Waals surface area contributed by atoms with Gasteiger partial charge in [0.25, 0.3) is 0 Å². The summed E-state index contributed by atoms with van der Waals surface area (Å²) in [7, 11) is 0. The Morgan fingerprint density at radius 1 is 1.00 bits per heavy atom. The van der Waals surface area contributed by atoms with Gasteiger partial charge in [0.2, 0.25) is 0 Å². The average molecular weight is 221 g/mol. The van der Waals surface area contributed by atoms with Crippen LogP contribution in [0.1, 0.15) is 6.42 Å². The Hall–Kier alpha value is -0.690. The van der Waals surface area contributed by atoms with Gasteiger partial charge in [0.15, 0.2) is 0 Å². The zero-order valence-corrected chi connectivity index (χ0v) is 8.76. The number of hydrogen-bond donors (Lipinski definition) is 3. The van der Waals surface area contributed by atoms with Gasteiger partial charge >= 0.3 is 5.97 Å². The Morgan fingerprint density at radius 2 is 1.60 bits per heavy atom. The first kappa shape index (κ1) is 14.3. The molecule has 0 saturated carbocycles. The Kier molecular flexibility index (Phi) is 9.40. The van der Waals surface area contributed by atoms with E-state index in [4.69, 9.17) is 15.3 Å². The minimum atomic E-state index is -0.384. The van der Waals surface area contributed by atoms with Crippen LogP contribution in [0.2, 0.25) is 0 Å². The number of aliphatic hydroxyl groups is 3. The number of carbonyl (C=O) groups excluding carboxylic acids is 1. The third-order valence-corrected chi connectivity index (χ3v) is 1.82. The molecule has 90 valence electrons. The lowest BCUT2D eigenvalue weighted by Crippen LogP contribution is -2.32. The standard InChI is InChI=1S/C9H19NO5/c11-5-3-10(4-6-12)2-1-9(14)15-8-7-13/h11-13H,1-8H2. The Labute approximate surface area is 89.1 Å². The zero-order chi connectivity index (χ0) is 11.5. The second-order valence-corrected chi connectivity index (χ2v) is 2.98. The van der Waals surface area contributed by atoms with Crippen LogP contribution >= 0.6 is 0 Å². The van der Waals surface area contributed by atoms with Gasteiger partial charge in [-0.1, -0.05) is 0 Å². The van der Waals surface area contributed by atoms with Crippen molar-refractivity contribution in [3.05, 3.63) is 0 Å². The Bertz CT molecular complexity index is 159. The molecule has 0 aliphatic carbocycles. The molecule has 0 aromatic rings. The largest absolute Gasteiger partial charge is 0.463 e. The predicted molar refractivity (Wildman–Crippen MR) is 53.3 cm³/mol. The number of esters is 1. The molecule has 0 bridgehead atoms. The maximum Gasteiger partial charge on any atom is 0.307 e. The van der Waals surface area contributed by atoms with E-state index in [9.17, 15) is 4.79 Å². The van der Waals surface area contributed by atoms with E-state index in [-0.39, 0.29) is 38.8 Å². The van der Waals surface area contributed by atoms with Crippen molar-refractivity contribution in [2.75, 3.05) is 46.1 Å². The van der Waals surface area contributed by atoms with Crippen molar-refractivity contribution in [2.45, 2.75) is 6.42 Å². The van der Waals surface area contributed by atoms with E-state index in [1.54, 1.807) is 4.90 Å². The van der Waals surface area contributed by atoms with Crippen LogP contribution in [0.4, 0.5) is 0 Å². The topological polar surface area (TPSA) is 90.2 Å². The minimum absolute atomic E-state index is 0.00825. The van der Waals surface area contributed by atoms with Gasteiger partial charge in [-0.25, -0.2) is 0 Å².